The van der Waals surface area contributed by atoms with Gasteiger partial charge in [0.15, 0.2) is 0 Å². The molecule has 1 N–H and O–H groups in total. The van der Waals surface area contributed by atoms with Crippen molar-refractivity contribution in [3.8, 4) is 0 Å². The van der Waals surface area contributed by atoms with Crippen molar-refractivity contribution >= 4 is 11.8 Å². The van der Waals surface area contributed by atoms with Crippen LogP contribution in [-0.2, 0) is 19.1 Å². The summed E-state index contributed by atoms with van der Waals surface area (Å²) in [5.41, 5.74) is 0. The fourth-order valence-electron chi connectivity index (χ4n) is 1.09. The highest BCUT2D eigenvalue weighted by Crippen LogP contribution is 2.00. The molecular weight excluding hydrogens is 190 g/mol. The largest absolute Gasteiger partial charge is 0.394 e. The third kappa shape index (κ3) is 3.06. The molecule has 0 aromatic heterocycles. The third-order valence-electron chi connectivity index (χ3n) is 1.75. The Morgan fingerprint density at radius 3 is 2.50 bits per heavy atom. The minimum absolute atomic E-state index is 0.0499. The molecule has 6 nitrogen and oxygen atoms in total. The maximum atomic E-state index is 11.1. The lowest BCUT2D eigenvalue weighted by Crippen LogP contribution is -2.47. The number of ether oxygens (including phenoxy) is 2. The number of aliphatic hydroxyl groups excluding tert-OH is 1. The summed E-state index contributed by atoms with van der Waals surface area (Å²) in [5.74, 6) is -0.678. The molecule has 0 aliphatic carbocycles. The van der Waals surface area contributed by atoms with Crippen LogP contribution in [0.5, 0.6) is 0 Å². The average Bonchev–Trinajstić information content (AvgIpc) is 2.16. The first kappa shape index (κ1) is 11.1. The number of amides is 2. The number of nitrogens with zero attached hydrogens (tertiary/aromatic N) is 1. The molecule has 1 fully saturated rings. The Balaban J connectivity index is 2.26. The molecule has 1 aliphatic heterocycles. The number of hydrogen-bond acceptors (Lipinski definition) is 5. The molecule has 6 heteroatoms. The summed E-state index contributed by atoms with van der Waals surface area (Å²) in [4.78, 5) is 23.4. The van der Waals surface area contributed by atoms with Gasteiger partial charge in [-0.25, -0.2) is 0 Å². The molecule has 1 aliphatic rings. The maximum absolute atomic E-state index is 11.1. The number of hydrogen-bond donors (Lipinski definition) is 1. The monoisotopic (exact) mass is 203 g/mol. The Labute approximate surface area is 81.4 Å². The Morgan fingerprint density at radius 2 is 1.93 bits per heavy atom. The molecule has 80 valence electrons. The normalized spacial score (nSPS) is 17.6. The van der Waals surface area contributed by atoms with Crippen LogP contribution in [0.4, 0.5) is 0 Å². The first-order valence-electron chi connectivity index (χ1n) is 4.35. The Bertz CT molecular complexity index is 202. The fraction of sp³-hybridized carbons (Fsp3) is 0.750. The van der Waals surface area contributed by atoms with Crippen molar-refractivity contribution in [1.29, 1.82) is 0 Å². The van der Waals surface area contributed by atoms with Crippen molar-refractivity contribution in [2.24, 2.45) is 0 Å². The van der Waals surface area contributed by atoms with Crippen LogP contribution in [0, 0.1) is 0 Å². The smallest absolute Gasteiger partial charge is 0.255 e. The van der Waals surface area contributed by atoms with Crippen molar-refractivity contribution in [2.75, 3.05) is 39.6 Å². The number of rotatable bonds is 5. The van der Waals surface area contributed by atoms with E-state index in [1.807, 2.05) is 0 Å². The van der Waals surface area contributed by atoms with Crippen LogP contribution >= 0.6 is 0 Å². The zero-order valence-electron chi connectivity index (χ0n) is 7.77. The van der Waals surface area contributed by atoms with Gasteiger partial charge < -0.3 is 14.6 Å². The highest BCUT2D eigenvalue weighted by atomic mass is 16.5. The Hall–Kier alpha value is -0.980. The molecule has 0 spiro atoms. The van der Waals surface area contributed by atoms with E-state index in [1.165, 1.54) is 0 Å². The molecule has 0 unspecified atom stereocenters. The molecular formula is C8H13NO5. The second-order valence-electron chi connectivity index (χ2n) is 2.77. The fourth-order valence-corrected chi connectivity index (χ4v) is 1.09. The van der Waals surface area contributed by atoms with E-state index in [0.29, 0.717) is 0 Å². The topological polar surface area (TPSA) is 76.1 Å². The van der Waals surface area contributed by atoms with Gasteiger partial charge in [0.25, 0.3) is 11.8 Å². The molecule has 1 rings (SSSR count). The molecule has 1 heterocycles. The van der Waals surface area contributed by atoms with E-state index in [-0.39, 0.29) is 51.4 Å². The summed E-state index contributed by atoms with van der Waals surface area (Å²) in [5, 5.41) is 8.41. The molecule has 1 saturated heterocycles. The van der Waals surface area contributed by atoms with Gasteiger partial charge in [0, 0.05) is 0 Å². The van der Waals surface area contributed by atoms with Gasteiger partial charge in [-0.1, -0.05) is 0 Å². The van der Waals surface area contributed by atoms with E-state index < -0.39 is 0 Å². The van der Waals surface area contributed by atoms with E-state index in [2.05, 4.69) is 0 Å². The van der Waals surface area contributed by atoms with Crippen LogP contribution < -0.4 is 0 Å². The zero-order chi connectivity index (χ0) is 10.4. The van der Waals surface area contributed by atoms with Crippen molar-refractivity contribution in [3.63, 3.8) is 0 Å². The Morgan fingerprint density at radius 1 is 1.29 bits per heavy atom. The molecule has 0 aromatic rings. The SMILES string of the molecule is O=C1COCC(=O)N1CCOCCO. The molecule has 2 amide bonds. The van der Waals surface area contributed by atoms with Crippen LogP contribution in [0.3, 0.4) is 0 Å². The number of carbonyl (C=O) groups excluding carboxylic acids is 2. The standard InChI is InChI=1S/C8H13NO5/c10-2-4-13-3-1-9-7(11)5-14-6-8(9)12/h10H,1-6H2. The van der Waals surface area contributed by atoms with Gasteiger partial charge in [0.1, 0.15) is 13.2 Å². The van der Waals surface area contributed by atoms with Gasteiger partial charge in [-0.15, -0.1) is 0 Å². The van der Waals surface area contributed by atoms with E-state index in [4.69, 9.17) is 14.6 Å². The average molecular weight is 203 g/mol. The number of imide groups is 1. The van der Waals surface area contributed by atoms with Gasteiger partial charge in [-0.05, 0) is 0 Å². The summed E-state index contributed by atoms with van der Waals surface area (Å²) in [7, 11) is 0. The lowest BCUT2D eigenvalue weighted by molar-refractivity contribution is -0.159. The maximum Gasteiger partial charge on any atom is 0.255 e. The minimum Gasteiger partial charge on any atom is -0.394 e. The van der Waals surface area contributed by atoms with Gasteiger partial charge >= 0.3 is 0 Å². The summed E-state index contributed by atoms with van der Waals surface area (Å²) in [6.07, 6.45) is 0. The van der Waals surface area contributed by atoms with Gasteiger partial charge in [0.2, 0.25) is 0 Å². The lowest BCUT2D eigenvalue weighted by atomic mass is 10.4. The molecule has 0 bridgehead atoms. The van der Waals surface area contributed by atoms with Gasteiger partial charge in [-0.3, -0.25) is 14.5 Å². The lowest BCUT2D eigenvalue weighted by Gasteiger charge is -2.24. The predicted octanol–water partition coefficient (Wildman–Crippen LogP) is -1.62. The second kappa shape index (κ2) is 5.69. The van der Waals surface area contributed by atoms with Crippen LogP contribution in [-0.4, -0.2) is 61.4 Å². The first-order valence-corrected chi connectivity index (χ1v) is 4.35. The second-order valence-corrected chi connectivity index (χ2v) is 2.77. The first-order chi connectivity index (χ1) is 6.75. The van der Waals surface area contributed by atoms with Crippen LogP contribution in [0.2, 0.25) is 0 Å². The molecule has 14 heavy (non-hydrogen) atoms. The molecule has 0 aromatic carbocycles. The summed E-state index contributed by atoms with van der Waals surface area (Å²) in [6.45, 7) is 0.522. The molecule has 0 radical (unpaired) electrons. The van der Waals surface area contributed by atoms with E-state index in [0.717, 1.165) is 4.90 Å². The zero-order valence-corrected chi connectivity index (χ0v) is 7.77. The van der Waals surface area contributed by atoms with E-state index >= 15 is 0 Å². The van der Waals surface area contributed by atoms with Gasteiger partial charge in [-0.2, -0.15) is 0 Å². The van der Waals surface area contributed by atoms with Crippen LogP contribution in [0.1, 0.15) is 0 Å². The predicted molar refractivity (Wildman–Crippen MR) is 45.4 cm³/mol. The van der Waals surface area contributed by atoms with Gasteiger partial charge in [0.05, 0.1) is 26.4 Å². The molecule has 0 saturated carbocycles. The van der Waals surface area contributed by atoms with Crippen molar-refractivity contribution in [2.45, 2.75) is 0 Å². The number of carbonyl (C=O) groups is 2. The number of aliphatic hydroxyl groups is 1. The third-order valence-corrected chi connectivity index (χ3v) is 1.75. The number of morpholine rings is 1. The van der Waals surface area contributed by atoms with Crippen molar-refractivity contribution in [1.82, 2.24) is 4.90 Å². The van der Waals surface area contributed by atoms with Crippen LogP contribution in [0.25, 0.3) is 0 Å². The van der Waals surface area contributed by atoms with Crippen molar-refractivity contribution in [3.05, 3.63) is 0 Å². The minimum atomic E-state index is -0.339. The summed E-state index contributed by atoms with van der Waals surface area (Å²) >= 11 is 0. The quantitative estimate of drug-likeness (QED) is 0.429. The summed E-state index contributed by atoms with van der Waals surface area (Å²) in [6, 6.07) is 0. The van der Waals surface area contributed by atoms with Crippen LogP contribution in [0.15, 0.2) is 0 Å². The summed E-state index contributed by atoms with van der Waals surface area (Å²) < 4.78 is 9.68. The molecule has 0 atom stereocenters. The Kier molecular flexibility index (Phi) is 4.51. The highest BCUT2D eigenvalue weighted by Gasteiger charge is 2.25. The highest BCUT2D eigenvalue weighted by molar-refractivity contribution is 5.98. The van der Waals surface area contributed by atoms with Crippen molar-refractivity contribution < 1.29 is 24.2 Å². The van der Waals surface area contributed by atoms with E-state index in [1.54, 1.807) is 0 Å². The van der Waals surface area contributed by atoms with E-state index in [9.17, 15) is 9.59 Å².